The first kappa shape index (κ1) is 20.8. The number of nitrogens with one attached hydrogen (secondary N) is 1. The Hall–Kier alpha value is -2.93. The number of carbonyl (C=O) groups excluding carboxylic acids is 1. The summed E-state index contributed by atoms with van der Waals surface area (Å²) in [4.78, 5) is 28.5. The van der Waals surface area contributed by atoms with Gasteiger partial charge in [-0.15, -0.1) is 0 Å². The van der Waals surface area contributed by atoms with Gasteiger partial charge in [-0.3, -0.25) is 9.69 Å². The van der Waals surface area contributed by atoms with Gasteiger partial charge in [0.15, 0.2) is 0 Å². The highest BCUT2D eigenvalue weighted by atomic mass is 19.1. The van der Waals surface area contributed by atoms with Gasteiger partial charge in [0.05, 0.1) is 6.04 Å². The first-order valence-corrected chi connectivity index (χ1v) is 9.75. The monoisotopic (exact) mass is 399 g/mol. The molecule has 2 aromatic carbocycles. The van der Waals surface area contributed by atoms with Crippen LogP contribution in [0.1, 0.15) is 12.5 Å². The molecule has 0 bridgehead atoms. The first-order valence-electron chi connectivity index (χ1n) is 9.75. The Bertz CT molecular complexity index is 821. The van der Waals surface area contributed by atoms with Crippen molar-refractivity contribution in [2.24, 2.45) is 0 Å². The lowest BCUT2D eigenvalue weighted by atomic mass is 10.1. The minimum atomic E-state index is -1.05. The number of anilines is 1. The van der Waals surface area contributed by atoms with Crippen molar-refractivity contribution >= 4 is 17.6 Å². The normalized spacial score (nSPS) is 16.8. The average molecular weight is 399 g/mol. The van der Waals surface area contributed by atoms with Crippen molar-refractivity contribution in [3.05, 3.63) is 66.0 Å². The molecule has 1 aliphatic rings. The molecule has 154 valence electrons. The number of halogens is 1. The summed E-state index contributed by atoms with van der Waals surface area (Å²) in [6.07, 6.45) is 0.243. The number of carbonyl (C=O) groups is 2. The molecule has 0 radical (unpaired) electrons. The maximum Gasteiger partial charge on any atom is 0.326 e. The van der Waals surface area contributed by atoms with Crippen LogP contribution in [0.25, 0.3) is 0 Å². The number of benzene rings is 2. The SMILES string of the molecule is CC(C(=O)N[C@@H](Cc1ccccc1)C(=O)O)N1CCN(c2ccc(F)cc2)CC1. The third kappa shape index (κ3) is 5.54. The van der Waals surface area contributed by atoms with Crippen molar-refractivity contribution in [1.29, 1.82) is 0 Å². The van der Waals surface area contributed by atoms with Gasteiger partial charge in [-0.2, -0.15) is 0 Å². The van der Waals surface area contributed by atoms with Gasteiger partial charge in [0.25, 0.3) is 0 Å². The number of piperazine rings is 1. The molecule has 0 spiro atoms. The third-order valence-corrected chi connectivity index (χ3v) is 5.33. The summed E-state index contributed by atoms with van der Waals surface area (Å²) in [5, 5.41) is 12.2. The smallest absolute Gasteiger partial charge is 0.326 e. The Kier molecular flexibility index (Phi) is 6.82. The molecule has 1 fully saturated rings. The highest BCUT2D eigenvalue weighted by Crippen LogP contribution is 2.18. The highest BCUT2D eigenvalue weighted by Gasteiger charge is 2.29. The fourth-order valence-electron chi connectivity index (χ4n) is 3.53. The predicted molar refractivity (Wildman–Crippen MR) is 109 cm³/mol. The minimum absolute atomic E-state index is 0.243. The van der Waals surface area contributed by atoms with E-state index in [0.29, 0.717) is 13.1 Å². The second kappa shape index (κ2) is 9.52. The number of hydrogen-bond acceptors (Lipinski definition) is 4. The lowest BCUT2D eigenvalue weighted by Gasteiger charge is -2.38. The van der Waals surface area contributed by atoms with Crippen LogP contribution < -0.4 is 10.2 Å². The predicted octanol–water partition coefficient (Wildman–Crippen LogP) is 2.15. The summed E-state index contributed by atoms with van der Waals surface area (Å²) in [6.45, 7) is 4.57. The molecule has 1 heterocycles. The molecule has 3 rings (SSSR count). The van der Waals surface area contributed by atoms with E-state index in [1.54, 1.807) is 19.1 Å². The maximum atomic E-state index is 13.1. The van der Waals surface area contributed by atoms with Crippen LogP contribution in [0.4, 0.5) is 10.1 Å². The summed E-state index contributed by atoms with van der Waals surface area (Å²) in [6, 6.07) is 14.2. The number of rotatable bonds is 7. The molecule has 0 aliphatic carbocycles. The van der Waals surface area contributed by atoms with E-state index in [9.17, 15) is 19.1 Å². The van der Waals surface area contributed by atoms with Crippen LogP contribution in [-0.2, 0) is 16.0 Å². The standard InChI is InChI=1S/C22H26FN3O3/c1-16(21(27)24-20(22(28)29)15-17-5-3-2-4-6-17)25-11-13-26(14-12-25)19-9-7-18(23)8-10-19/h2-10,16,20H,11-15H2,1H3,(H,24,27)(H,28,29)/t16?,20-/m0/s1. The van der Waals surface area contributed by atoms with Gasteiger partial charge in [-0.25, -0.2) is 9.18 Å². The van der Waals surface area contributed by atoms with Crippen molar-refractivity contribution in [2.75, 3.05) is 31.1 Å². The molecule has 1 saturated heterocycles. The lowest BCUT2D eigenvalue weighted by molar-refractivity contribution is -0.142. The van der Waals surface area contributed by atoms with Crippen molar-refractivity contribution in [3.8, 4) is 0 Å². The topological polar surface area (TPSA) is 72.9 Å². The fraction of sp³-hybridized carbons (Fsp3) is 0.364. The van der Waals surface area contributed by atoms with E-state index in [4.69, 9.17) is 0 Å². The van der Waals surface area contributed by atoms with Crippen LogP contribution in [0.5, 0.6) is 0 Å². The Labute approximate surface area is 169 Å². The van der Waals surface area contributed by atoms with Gasteiger partial charge in [0, 0.05) is 38.3 Å². The molecular formula is C22H26FN3O3. The van der Waals surface area contributed by atoms with Gasteiger partial charge >= 0.3 is 5.97 Å². The van der Waals surface area contributed by atoms with Crippen molar-refractivity contribution < 1.29 is 19.1 Å². The molecule has 2 atom stereocenters. The van der Waals surface area contributed by atoms with E-state index in [-0.39, 0.29) is 18.1 Å². The highest BCUT2D eigenvalue weighted by molar-refractivity contribution is 5.86. The van der Waals surface area contributed by atoms with E-state index < -0.39 is 18.1 Å². The van der Waals surface area contributed by atoms with E-state index in [0.717, 1.165) is 24.3 Å². The quantitative estimate of drug-likeness (QED) is 0.747. The summed E-state index contributed by atoms with van der Waals surface area (Å²) in [5.74, 6) is -1.60. The second-order valence-electron chi connectivity index (χ2n) is 7.26. The van der Waals surface area contributed by atoms with Crippen molar-refractivity contribution in [3.63, 3.8) is 0 Å². The zero-order chi connectivity index (χ0) is 20.8. The molecule has 29 heavy (non-hydrogen) atoms. The largest absolute Gasteiger partial charge is 0.480 e. The molecule has 2 N–H and O–H groups in total. The second-order valence-corrected chi connectivity index (χ2v) is 7.26. The van der Waals surface area contributed by atoms with Gasteiger partial charge in [-0.1, -0.05) is 30.3 Å². The van der Waals surface area contributed by atoms with E-state index in [1.165, 1.54) is 12.1 Å². The van der Waals surface area contributed by atoms with Crippen LogP contribution in [0.3, 0.4) is 0 Å². The molecule has 1 unspecified atom stereocenters. The zero-order valence-electron chi connectivity index (χ0n) is 16.4. The number of carboxylic acids is 1. The minimum Gasteiger partial charge on any atom is -0.480 e. The van der Waals surface area contributed by atoms with Gasteiger partial charge in [0.2, 0.25) is 5.91 Å². The summed E-state index contributed by atoms with van der Waals surface area (Å²) >= 11 is 0. The van der Waals surface area contributed by atoms with Crippen LogP contribution in [-0.4, -0.2) is 60.1 Å². The number of hydrogen-bond donors (Lipinski definition) is 2. The van der Waals surface area contributed by atoms with Crippen LogP contribution >= 0.6 is 0 Å². The Morgan fingerprint density at radius 1 is 1.03 bits per heavy atom. The van der Waals surface area contributed by atoms with Gasteiger partial charge in [-0.05, 0) is 36.8 Å². The van der Waals surface area contributed by atoms with E-state index in [2.05, 4.69) is 10.2 Å². The fourth-order valence-corrected chi connectivity index (χ4v) is 3.53. The zero-order valence-corrected chi connectivity index (χ0v) is 16.4. The van der Waals surface area contributed by atoms with Crippen LogP contribution in [0.15, 0.2) is 54.6 Å². The van der Waals surface area contributed by atoms with Gasteiger partial charge in [0.1, 0.15) is 11.9 Å². The molecule has 1 amide bonds. The average Bonchev–Trinajstić information content (AvgIpc) is 2.74. The summed E-state index contributed by atoms with van der Waals surface area (Å²) in [7, 11) is 0. The number of amides is 1. The molecule has 2 aromatic rings. The molecule has 0 saturated carbocycles. The number of carboxylic acid groups (broad SMARTS) is 1. The van der Waals surface area contributed by atoms with Crippen molar-refractivity contribution in [1.82, 2.24) is 10.2 Å². The van der Waals surface area contributed by atoms with Crippen LogP contribution in [0.2, 0.25) is 0 Å². The molecular weight excluding hydrogens is 373 g/mol. The first-order chi connectivity index (χ1) is 13.9. The molecule has 1 aliphatic heterocycles. The van der Waals surface area contributed by atoms with Crippen LogP contribution in [0, 0.1) is 5.82 Å². The van der Waals surface area contributed by atoms with E-state index in [1.807, 2.05) is 35.2 Å². The Morgan fingerprint density at radius 2 is 1.66 bits per heavy atom. The Balaban J connectivity index is 1.54. The van der Waals surface area contributed by atoms with Gasteiger partial charge < -0.3 is 15.3 Å². The Morgan fingerprint density at radius 3 is 2.24 bits per heavy atom. The molecule has 0 aromatic heterocycles. The summed E-state index contributed by atoms with van der Waals surface area (Å²) in [5.41, 5.74) is 1.82. The van der Waals surface area contributed by atoms with E-state index >= 15 is 0 Å². The lowest BCUT2D eigenvalue weighted by Crippen LogP contribution is -2.56. The molecule has 6 nitrogen and oxygen atoms in total. The maximum absolute atomic E-state index is 13.1. The summed E-state index contributed by atoms with van der Waals surface area (Å²) < 4.78 is 13.1. The number of nitrogens with zero attached hydrogens (tertiary/aromatic N) is 2. The molecule has 7 heteroatoms. The number of aliphatic carboxylic acids is 1. The van der Waals surface area contributed by atoms with Crippen molar-refractivity contribution in [2.45, 2.75) is 25.4 Å². The third-order valence-electron chi connectivity index (χ3n) is 5.33.